The van der Waals surface area contributed by atoms with Gasteiger partial charge in [0.2, 0.25) is 0 Å². The first kappa shape index (κ1) is 21.9. The number of thioether (sulfide) groups is 1. The minimum atomic E-state index is -1.34. The molecule has 0 radical (unpaired) electrons. The zero-order chi connectivity index (χ0) is 21.8. The average Bonchev–Trinajstić information content (AvgIpc) is 3.18. The summed E-state index contributed by atoms with van der Waals surface area (Å²) in [6, 6.07) is 10.8. The number of aromatic amines is 1. The molecule has 0 aliphatic carbocycles. The Kier molecular flexibility index (Phi) is 6.95. The van der Waals surface area contributed by atoms with Crippen molar-refractivity contribution in [2.24, 2.45) is 0 Å². The van der Waals surface area contributed by atoms with Gasteiger partial charge < -0.3 is 24.8 Å². The fourth-order valence-electron chi connectivity index (χ4n) is 4.23. The van der Waals surface area contributed by atoms with E-state index in [0.717, 1.165) is 54.9 Å². The van der Waals surface area contributed by atoms with Gasteiger partial charge in [-0.3, -0.25) is 0 Å². The minimum absolute atomic E-state index is 0.300. The average molecular weight is 461 g/mol. The number of ether oxygens (including phenoxy) is 1. The number of fused-ring (bicyclic) bond motifs is 1. The maximum absolute atomic E-state index is 11.0. The van der Waals surface area contributed by atoms with Gasteiger partial charge in [0.05, 0.1) is 10.5 Å². The van der Waals surface area contributed by atoms with Crippen molar-refractivity contribution in [3.05, 3.63) is 58.7 Å². The predicted molar refractivity (Wildman–Crippen MR) is 125 cm³/mol. The summed E-state index contributed by atoms with van der Waals surface area (Å²) in [5, 5.41) is 20.0. The molecule has 6 nitrogen and oxygen atoms in total. The molecule has 3 N–H and O–H groups in total. The summed E-state index contributed by atoms with van der Waals surface area (Å²) in [4.78, 5) is 16.6. The zero-order valence-corrected chi connectivity index (χ0v) is 18.6. The van der Waals surface area contributed by atoms with Crippen molar-refractivity contribution in [2.75, 3.05) is 25.4 Å². The van der Waals surface area contributed by atoms with E-state index < -0.39 is 6.16 Å². The largest absolute Gasteiger partial charge is 0.511 e. The third kappa shape index (κ3) is 5.29. The van der Waals surface area contributed by atoms with Crippen LogP contribution in [-0.2, 0) is 5.75 Å². The summed E-state index contributed by atoms with van der Waals surface area (Å²) >= 11 is 8.06. The number of halogens is 1. The Morgan fingerprint density at radius 3 is 3.00 bits per heavy atom. The Morgan fingerprint density at radius 2 is 2.19 bits per heavy atom. The van der Waals surface area contributed by atoms with E-state index in [1.165, 1.54) is 5.56 Å². The van der Waals surface area contributed by atoms with Crippen LogP contribution in [0.1, 0.15) is 29.9 Å². The lowest BCUT2D eigenvalue weighted by atomic mass is 9.90. The molecule has 0 amide bonds. The Hall–Kier alpha value is -2.35. The van der Waals surface area contributed by atoms with E-state index in [2.05, 4.69) is 16.0 Å². The van der Waals surface area contributed by atoms with Crippen LogP contribution in [0.2, 0.25) is 5.02 Å². The van der Waals surface area contributed by atoms with E-state index in [0.29, 0.717) is 28.0 Å². The molecule has 164 valence electrons. The van der Waals surface area contributed by atoms with Gasteiger partial charge in [0, 0.05) is 36.2 Å². The molecule has 0 bridgehead atoms. The number of phenolic OH excluding ortho intramolecular Hbond substituents is 1. The standard InChI is InChI=1S/C23H25ClN2O4S/c24-19-6-7-20(30-23(28)29)21-17(12-25-22(19)21)14-31-10-9-26-8-2-4-16(13-26)15-3-1-5-18(27)11-15/h1,3,5-7,11-12,16,25,27H,2,4,8-10,13-14H2,(H,28,29). The van der Waals surface area contributed by atoms with Crippen LogP contribution in [0.4, 0.5) is 4.79 Å². The third-order valence-corrected chi connectivity index (χ3v) is 6.98. The Balaban J connectivity index is 1.34. The minimum Gasteiger partial charge on any atom is -0.508 e. The lowest BCUT2D eigenvalue weighted by Crippen LogP contribution is -2.35. The lowest BCUT2D eigenvalue weighted by molar-refractivity contribution is 0.145. The van der Waals surface area contributed by atoms with Crippen molar-refractivity contribution in [3.63, 3.8) is 0 Å². The summed E-state index contributed by atoms with van der Waals surface area (Å²) in [5.41, 5.74) is 2.88. The second-order valence-corrected chi connectivity index (χ2v) is 9.28. The van der Waals surface area contributed by atoms with Gasteiger partial charge in [-0.2, -0.15) is 11.8 Å². The molecule has 31 heavy (non-hydrogen) atoms. The van der Waals surface area contributed by atoms with Crippen LogP contribution in [0, 0.1) is 0 Å². The quantitative estimate of drug-likeness (QED) is 0.238. The van der Waals surface area contributed by atoms with Crippen LogP contribution in [-0.4, -0.2) is 51.6 Å². The van der Waals surface area contributed by atoms with Crippen molar-refractivity contribution in [1.82, 2.24) is 9.88 Å². The van der Waals surface area contributed by atoms with Crippen molar-refractivity contribution < 1.29 is 19.7 Å². The first-order valence-corrected chi connectivity index (χ1v) is 11.8. The van der Waals surface area contributed by atoms with E-state index >= 15 is 0 Å². The number of benzene rings is 2. The van der Waals surface area contributed by atoms with Gasteiger partial charge in [-0.15, -0.1) is 0 Å². The highest BCUT2D eigenvalue weighted by Gasteiger charge is 2.21. The van der Waals surface area contributed by atoms with Gasteiger partial charge in [0.25, 0.3) is 0 Å². The van der Waals surface area contributed by atoms with E-state index in [1.807, 2.05) is 18.3 Å². The maximum Gasteiger partial charge on any atom is 0.511 e. The molecule has 1 unspecified atom stereocenters. The molecule has 1 aliphatic rings. The molecule has 0 spiro atoms. The van der Waals surface area contributed by atoms with E-state index in [1.54, 1.807) is 30.0 Å². The number of carboxylic acid groups (broad SMARTS) is 1. The molecule has 4 rings (SSSR count). The van der Waals surface area contributed by atoms with Crippen molar-refractivity contribution in [3.8, 4) is 11.5 Å². The second-order valence-electron chi connectivity index (χ2n) is 7.76. The normalized spacial score (nSPS) is 17.1. The highest BCUT2D eigenvalue weighted by Crippen LogP contribution is 2.35. The van der Waals surface area contributed by atoms with Crippen molar-refractivity contribution in [1.29, 1.82) is 0 Å². The number of aromatic nitrogens is 1. The van der Waals surface area contributed by atoms with Gasteiger partial charge in [-0.25, -0.2) is 4.79 Å². The molecule has 1 saturated heterocycles. The monoisotopic (exact) mass is 460 g/mol. The highest BCUT2D eigenvalue weighted by molar-refractivity contribution is 7.98. The number of hydrogen-bond donors (Lipinski definition) is 3. The number of nitrogens with one attached hydrogen (secondary N) is 1. The topological polar surface area (TPSA) is 85.8 Å². The molecule has 3 aromatic rings. The number of piperidine rings is 1. The van der Waals surface area contributed by atoms with Gasteiger partial charge in [-0.1, -0.05) is 23.7 Å². The fourth-order valence-corrected chi connectivity index (χ4v) is 5.42. The zero-order valence-electron chi connectivity index (χ0n) is 17.0. The smallest absolute Gasteiger partial charge is 0.508 e. The van der Waals surface area contributed by atoms with Gasteiger partial charge >= 0.3 is 6.16 Å². The first-order valence-electron chi connectivity index (χ1n) is 10.3. The van der Waals surface area contributed by atoms with Gasteiger partial charge in [-0.05, 0) is 60.7 Å². The number of nitrogens with zero attached hydrogens (tertiary/aromatic N) is 1. The molecule has 2 aromatic carbocycles. The molecule has 2 heterocycles. The molecule has 1 atom stereocenters. The van der Waals surface area contributed by atoms with Crippen LogP contribution in [0.3, 0.4) is 0 Å². The molecule has 0 saturated carbocycles. The Labute approximate surface area is 190 Å². The number of H-pyrrole nitrogens is 1. The van der Waals surface area contributed by atoms with Gasteiger partial charge in [0.15, 0.2) is 0 Å². The van der Waals surface area contributed by atoms with Crippen molar-refractivity contribution >= 4 is 40.4 Å². The summed E-state index contributed by atoms with van der Waals surface area (Å²) in [5.74, 6) is 2.79. The summed E-state index contributed by atoms with van der Waals surface area (Å²) in [6.45, 7) is 3.08. The lowest BCUT2D eigenvalue weighted by Gasteiger charge is -2.33. The number of phenols is 1. The molecular weight excluding hydrogens is 436 g/mol. The van der Waals surface area contributed by atoms with E-state index in [9.17, 15) is 9.90 Å². The van der Waals surface area contributed by atoms with Crippen LogP contribution >= 0.6 is 23.4 Å². The third-order valence-electron chi connectivity index (χ3n) is 5.68. The number of hydrogen-bond acceptors (Lipinski definition) is 5. The number of aromatic hydroxyl groups is 1. The number of likely N-dealkylation sites (tertiary alicyclic amines) is 1. The van der Waals surface area contributed by atoms with E-state index in [-0.39, 0.29) is 0 Å². The molecule has 1 aliphatic heterocycles. The number of rotatable bonds is 7. The Bertz CT molecular complexity index is 1070. The predicted octanol–water partition coefficient (Wildman–Crippen LogP) is 5.70. The SMILES string of the molecule is O=C(O)Oc1ccc(Cl)c2[nH]cc(CSCCN3CCCC(c4cccc(O)c4)C3)c12. The highest BCUT2D eigenvalue weighted by atomic mass is 35.5. The summed E-state index contributed by atoms with van der Waals surface area (Å²) < 4.78 is 4.95. The Morgan fingerprint density at radius 1 is 1.32 bits per heavy atom. The van der Waals surface area contributed by atoms with Crippen molar-refractivity contribution in [2.45, 2.75) is 24.5 Å². The molecular formula is C23H25ClN2O4S. The van der Waals surface area contributed by atoms with Crippen LogP contribution in [0.25, 0.3) is 10.9 Å². The van der Waals surface area contributed by atoms with Crippen LogP contribution in [0.5, 0.6) is 11.5 Å². The fraction of sp³-hybridized carbons (Fsp3) is 0.348. The van der Waals surface area contributed by atoms with E-state index in [4.69, 9.17) is 21.4 Å². The van der Waals surface area contributed by atoms with Gasteiger partial charge in [0.1, 0.15) is 11.5 Å². The number of carbonyl (C=O) groups is 1. The first-order chi connectivity index (χ1) is 15.0. The molecule has 8 heteroatoms. The maximum atomic E-state index is 11.0. The summed E-state index contributed by atoms with van der Waals surface area (Å²) in [7, 11) is 0. The molecule has 1 fully saturated rings. The molecule has 1 aromatic heterocycles. The van der Waals surface area contributed by atoms with Crippen LogP contribution < -0.4 is 4.74 Å². The second kappa shape index (κ2) is 9.85. The van der Waals surface area contributed by atoms with Crippen LogP contribution in [0.15, 0.2) is 42.6 Å². The summed E-state index contributed by atoms with van der Waals surface area (Å²) in [6.07, 6.45) is 2.84.